The van der Waals surface area contributed by atoms with Gasteiger partial charge in [-0.3, -0.25) is 4.79 Å². The number of fused-ring (bicyclic) bond motifs is 1. The maximum Gasteiger partial charge on any atom is 0.387 e. The van der Waals surface area contributed by atoms with Crippen molar-refractivity contribution in [3.8, 4) is 23.0 Å². The Morgan fingerprint density at radius 1 is 1.09 bits per heavy atom. The average molecular weight is 463 g/mol. The molecule has 0 saturated carbocycles. The van der Waals surface area contributed by atoms with Gasteiger partial charge in [-0.25, -0.2) is 4.79 Å². The second-order valence-corrected chi connectivity index (χ2v) is 6.92. The average Bonchev–Trinajstić information content (AvgIpc) is 2.81. The summed E-state index contributed by atoms with van der Waals surface area (Å²) in [5.41, 5.74) is 1.30. The van der Waals surface area contributed by atoms with Crippen LogP contribution in [0.25, 0.3) is 6.08 Å². The molecule has 1 unspecified atom stereocenters. The van der Waals surface area contributed by atoms with Gasteiger partial charge in [0.1, 0.15) is 13.2 Å². The molecule has 1 atom stereocenters. The smallest absolute Gasteiger partial charge is 0.387 e. The summed E-state index contributed by atoms with van der Waals surface area (Å²) in [7, 11) is 1.31. The lowest BCUT2D eigenvalue weighted by Gasteiger charge is -2.21. The van der Waals surface area contributed by atoms with Gasteiger partial charge >= 0.3 is 12.6 Å². The van der Waals surface area contributed by atoms with Crippen molar-refractivity contribution in [3.05, 3.63) is 53.6 Å². The first-order valence-corrected chi connectivity index (χ1v) is 10.0. The quantitative estimate of drug-likeness (QED) is 0.450. The first-order chi connectivity index (χ1) is 15.9. The number of halogens is 2. The van der Waals surface area contributed by atoms with Gasteiger partial charge in [0, 0.05) is 6.08 Å². The minimum atomic E-state index is -2.99. The molecule has 0 spiro atoms. The number of ether oxygens (including phenoxy) is 5. The topological polar surface area (TPSA) is 92.3 Å². The Kier molecular flexibility index (Phi) is 8.06. The van der Waals surface area contributed by atoms with E-state index in [2.05, 4.69) is 10.1 Å². The van der Waals surface area contributed by atoms with Gasteiger partial charge in [-0.05, 0) is 48.4 Å². The van der Waals surface area contributed by atoms with Gasteiger partial charge in [-0.2, -0.15) is 8.78 Å². The van der Waals surface area contributed by atoms with E-state index in [1.807, 2.05) is 6.07 Å². The summed E-state index contributed by atoms with van der Waals surface area (Å²) in [6.45, 7) is -0.716. The molecule has 3 rings (SSSR count). The molecule has 0 radical (unpaired) electrons. The number of hydrogen-bond donors (Lipinski definition) is 1. The summed E-state index contributed by atoms with van der Waals surface area (Å²) < 4.78 is 50.1. The molecule has 33 heavy (non-hydrogen) atoms. The summed E-state index contributed by atoms with van der Waals surface area (Å²) in [6.07, 6.45) is 2.51. The van der Waals surface area contributed by atoms with Crippen LogP contribution in [-0.2, 0) is 14.3 Å². The van der Waals surface area contributed by atoms with E-state index >= 15 is 0 Å². The third kappa shape index (κ3) is 6.83. The van der Waals surface area contributed by atoms with E-state index in [0.29, 0.717) is 30.3 Å². The number of rotatable bonds is 9. The molecule has 2 aromatic rings. The molecule has 1 aliphatic rings. The molecule has 2 aromatic carbocycles. The largest absolute Gasteiger partial charge is 0.493 e. The number of hydrogen-bond acceptors (Lipinski definition) is 7. The number of alkyl halides is 2. The minimum absolute atomic E-state index is 0.0818. The van der Waals surface area contributed by atoms with Crippen molar-refractivity contribution in [2.24, 2.45) is 0 Å². The predicted molar refractivity (Wildman–Crippen MR) is 114 cm³/mol. The highest BCUT2D eigenvalue weighted by Crippen LogP contribution is 2.32. The Hall–Kier alpha value is -3.82. The van der Waals surface area contributed by atoms with Gasteiger partial charge in [0.05, 0.1) is 13.2 Å². The molecule has 0 fully saturated rings. The van der Waals surface area contributed by atoms with Gasteiger partial charge in [0.15, 0.2) is 29.6 Å². The van der Waals surface area contributed by atoms with E-state index < -0.39 is 25.1 Å². The van der Waals surface area contributed by atoms with E-state index in [0.717, 1.165) is 11.6 Å². The van der Waals surface area contributed by atoms with Crippen LogP contribution in [0.1, 0.15) is 24.1 Å². The monoisotopic (exact) mass is 463 g/mol. The fraction of sp³-hybridized carbons (Fsp3) is 0.304. The fourth-order valence-electron chi connectivity index (χ4n) is 3.03. The number of amides is 1. The molecular weight excluding hydrogens is 440 g/mol. The highest BCUT2D eigenvalue weighted by Gasteiger charge is 2.16. The third-order valence-corrected chi connectivity index (χ3v) is 4.60. The summed E-state index contributed by atoms with van der Waals surface area (Å²) in [5.74, 6) is -0.00688. The SMILES string of the molecule is COc1cc(/C=C/C(=O)OCC(=O)NC(C)c2ccc3c(c2)OCCO3)ccc1OC(F)F. The van der Waals surface area contributed by atoms with Crippen LogP contribution >= 0.6 is 0 Å². The summed E-state index contributed by atoms with van der Waals surface area (Å²) >= 11 is 0. The van der Waals surface area contributed by atoms with Crippen molar-refractivity contribution < 1.29 is 42.1 Å². The molecule has 10 heteroatoms. The lowest BCUT2D eigenvalue weighted by atomic mass is 10.1. The predicted octanol–water partition coefficient (Wildman–Crippen LogP) is 3.50. The van der Waals surface area contributed by atoms with Crippen LogP contribution in [0.3, 0.4) is 0 Å². The van der Waals surface area contributed by atoms with Crippen LogP contribution in [0.2, 0.25) is 0 Å². The van der Waals surface area contributed by atoms with Crippen LogP contribution in [0, 0.1) is 0 Å². The Morgan fingerprint density at radius 3 is 2.58 bits per heavy atom. The zero-order valence-corrected chi connectivity index (χ0v) is 18.0. The van der Waals surface area contributed by atoms with Crippen molar-refractivity contribution in [2.45, 2.75) is 19.6 Å². The van der Waals surface area contributed by atoms with Crippen molar-refractivity contribution >= 4 is 18.0 Å². The van der Waals surface area contributed by atoms with Crippen molar-refractivity contribution in [2.75, 3.05) is 26.9 Å². The molecule has 1 amide bonds. The highest BCUT2D eigenvalue weighted by atomic mass is 19.3. The molecule has 0 aromatic heterocycles. The molecule has 8 nitrogen and oxygen atoms in total. The number of carbonyl (C=O) groups excluding carboxylic acids is 2. The standard InChI is InChI=1S/C23H23F2NO7/c1-14(16-5-7-17-20(12-16)31-10-9-30-17)26-21(27)13-32-22(28)8-4-15-3-6-18(33-23(24)25)19(11-15)29-2/h3-8,11-12,14,23H,9-10,13H2,1-2H3,(H,26,27)/b8-4+. The number of carbonyl (C=O) groups is 2. The van der Waals surface area contributed by atoms with E-state index in [4.69, 9.17) is 18.9 Å². The van der Waals surface area contributed by atoms with Crippen LogP contribution < -0.4 is 24.3 Å². The highest BCUT2D eigenvalue weighted by molar-refractivity contribution is 5.89. The molecule has 0 bridgehead atoms. The molecular formula is C23H23F2NO7. The van der Waals surface area contributed by atoms with Crippen LogP contribution in [0.4, 0.5) is 8.78 Å². The molecule has 1 aliphatic heterocycles. The van der Waals surface area contributed by atoms with Gasteiger partial charge in [0.25, 0.3) is 5.91 Å². The second kappa shape index (κ2) is 11.2. The number of benzene rings is 2. The Labute approximate surface area is 189 Å². The number of nitrogens with one attached hydrogen (secondary N) is 1. The van der Waals surface area contributed by atoms with Crippen molar-refractivity contribution in [3.63, 3.8) is 0 Å². The summed E-state index contributed by atoms with van der Waals surface area (Å²) in [5, 5.41) is 2.74. The second-order valence-electron chi connectivity index (χ2n) is 6.92. The minimum Gasteiger partial charge on any atom is -0.493 e. The molecule has 1 N–H and O–H groups in total. The Bertz CT molecular complexity index is 1030. The summed E-state index contributed by atoms with van der Waals surface area (Å²) in [4.78, 5) is 24.1. The number of methoxy groups -OCH3 is 1. The summed E-state index contributed by atoms with van der Waals surface area (Å²) in [6, 6.07) is 9.22. The first-order valence-electron chi connectivity index (χ1n) is 10.0. The maximum atomic E-state index is 12.4. The molecule has 0 saturated heterocycles. The Morgan fingerprint density at radius 2 is 1.85 bits per heavy atom. The van der Waals surface area contributed by atoms with E-state index in [-0.39, 0.29) is 17.5 Å². The lowest BCUT2D eigenvalue weighted by molar-refractivity contribution is -0.144. The van der Waals surface area contributed by atoms with E-state index in [1.165, 1.54) is 31.4 Å². The third-order valence-electron chi connectivity index (χ3n) is 4.60. The lowest BCUT2D eigenvalue weighted by Crippen LogP contribution is -2.31. The Balaban J connectivity index is 1.49. The molecule has 176 valence electrons. The van der Waals surface area contributed by atoms with Crippen LogP contribution in [0.15, 0.2) is 42.5 Å². The van der Waals surface area contributed by atoms with Gasteiger partial charge in [0.2, 0.25) is 0 Å². The van der Waals surface area contributed by atoms with E-state index in [9.17, 15) is 18.4 Å². The first kappa shape index (κ1) is 23.8. The van der Waals surface area contributed by atoms with Crippen LogP contribution in [0.5, 0.6) is 23.0 Å². The van der Waals surface area contributed by atoms with Crippen molar-refractivity contribution in [1.82, 2.24) is 5.32 Å². The molecule has 1 heterocycles. The number of esters is 1. The zero-order valence-electron chi connectivity index (χ0n) is 18.0. The van der Waals surface area contributed by atoms with E-state index in [1.54, 1.807) is 19.1 Å². The van der Waals surface area contributed by atoms with Crippen molar-refractivity contribution in [1.29, 1.82) is 0 Å². The molecule has 0 aliphatic carbocycles. The normalized spacial score (nSPS) is 13.5. The van der Waals surface area contributed by atoms with Gasteiger partial charge in [-0.1, -0.05) is 12.1 Å². The maximum absolute atomic E-state index is 12.4. The fourth-order valence-corrected chi connectivity index (χ4v) is 3.03. The van der Waals surface area contributed by atoms with Gasteiger partial charge < -0.3 is 29.0 Å². The van der Waals surface area contributed by atoms with Crippen LogP contribution in [-0.4, -0.2) is 45.4 Å². The van der Waals surface area contributed by atoms with Gasteiger partial charge in [-0.15, -0.1) is 0 Å². The zero-order chi connectivity index (χ0) is 23.8.